The van der Waals surface area contributed by atoms with E-state index in [4.69, 9.17) is 0 Å². The van der Waals surface area contributed by atoms with E-state index >= 15 is 0 Å². The lowest BCUT2D eigenvalue weighted by molar-refractivity contribution is 0.178. The van der Waals surface area contributed by atoms with Crippen LogP contribution in [-0.4, -0.2) is 9.94 Å². The molecule has 0 unspecified atom stereocenters. The zero-order valence-electron chi connectivity index (χ0n) is 6.09. The molecule has 0 atom stereocenters. The summed E-state index contributed by atoms with van der Waals surface area (Å²) in [7, 11) is 0. The quantitative estimate of drug-likeness (QED) is 0.539. The summed E-state index contributed by atoms with van der Waals surface area (Å²) in [6.45, 7) is 2.05. The zero-order chi connectivity index (χ0) is 7.14. The van der Waals surface area contributed by atoms with Crippen molar-refractivity contribution in [3.8, 4) is 0 Å². The molecule has 0 amide bonds. The number of aromatic nitrogens is 1. The van der Waals surface area contributed by atoms with E-state index in [1.54, 1.807) is 6.20 Å². The number of fused-ring (bicyclic) bond motifs is 1. The molecule has 1 aliphatic rings. The van der Waals surface area contributed by atoms with Crippen molar-refractivity contribution in [2.75, 3.05) is 0 Å². The molecule has 2 nitrogen and oxygen atoms in total. The molecule has 2 rings (SSSR count). The first-order valence-corrected chi connectivity index (χ1v) is 3.68. The van der Waals surface area contributed by atoms with E-state index in [9.17, 15) is 5.21 Å². The highest BCUT2D eigenvalue weighted by molar-refractivity contribution is 5.33. The minimum atomic E-state index is 1.04. The van der Waals surface area contributed by atoms with Crippen LogP contribution in [0.2, 0.25) is 0 Å². The molecule has 1 aromatic heterocycles. The molecule has 54 valence electrons. The number of rotatable bonds is 0. The lowest BCUT2D eigenvalue weighted by Crippen LogP contribution is -1.92. The molecular weight excluding hydrogens is 126 g/mol. The number of hydrogen-bond donors (Lipinski definition) is 1. The Morgan fingerprint density at radius 1 is 1.50 bits per heavy atom. The molecule has 0 aliphatic heterocycles. The lowest BCUT2D eigenvalue weighted by Gasteiger charge is -1.93. The second kappa shape index (κ2) is 1.78. The van der Waals surface area contributed by atoms with E-state index in [1.807, 2.05) is 0 Å². The third-order valence-corrected chi connectivity index (χ3v) is 2.26. The van der Waals surface area contributed by atoms with Crippen LogP contribution in [0.25, 0.3) is 0 Å². The van der Waals surface area contributed by atoms with Gasteiger partial charge in [-0.2, -0.15) is 4.73 Å². The van der Waals surface area contributed by atoms with Crippen molar-refractivity contribution in [1.29, 1.82) is 0 Å². The van der Waals surface area contributed by atoms with Gasteiger partial charge in [-0.1, -0.05) is 0 Å². The van der Waals surface area contributed by atoms with Gasteiger partial charge in [0.25, 0.3) is 0 Å². The highest BCUT2D eigenvalue weighted by Crippen LogP contribution is 2.25. The van der Waals surface area contributed by atoms with Crippen molar-refractivity contribution in [3.63, 3.8) is 0 Å². The van der Waals surface area contributed by atoms with E-state index in [-0.39, 0.29) is 0 Å². The van der Waals surface area contributed by atoms with Gasteiger partial charge in [0.15, 0.2) is 0 Å². The van der Waals surface area contributed by atoms with E-state index in [0.717, 1.165) is 18.5 Å². The monoisotopic (exact) mass is 137 g/mol. The topological polar surface area (TPSA) is 25.2 Å². The van der Waals surface area contributed by atoms with Gasteiger partial charge in [-0.05, 0) is 37.3 Å². The summed E-state index contributed by atoms with van der Waals surface area (Å²) >= 11 is 0. The van der Waals surface area contributed by atoms with E-state index in [0.29, 0.717) is 0 Å². The highest BCUT2D eigenvalue weighted by atomic mass is 16.5. The van der Waals surface area contributed by atoms with Crippen molar-refractivity contribution < 1.29 is 5.21 Å². The molecule has 1 aliphatic carbocycles. The lowest BCUT2D eigenvalue weighted by atomic mass is 10.2. The zero-order valence-corrected chi connectivity index (χ0v) is 6.09. The highest BCUT2D eigenvalue weighted by Gasteiger charge is 2.17. The van der Waals surface area contributed by atoms with Gasteiger partial charge in [-0.15, -0.1) is 0 Å². The second-order valence-corrected chi connectivity index (χ2v) is 2.94. The Kier molecular flexibility index (Phi) is 1.04. The maximum absolute atomic E-state index is 9.27. The van der Waals surface area contributed by atoms with E-state index in [1.165, 1.54) is 22.3 Å². The summed E-state index contributed by atoms with van der Waals surface area (Å²) in [5.41, 5.74) is 3.72. The maximum atomic E-state index is 9.27. The van der Waals surface area contributed by atoms with Gasteiger partial charge in [0, 0.05) is 6.20 Å². The Labute approximate surface area is 60.1 Å². The van der Waals surface area contributed by atoms with Gasteiger partial charge in [0.2, 0.25) is 0 Å². The van der Waals surface area contributed by atoms with E-state index in [2.05, 4.69) is 6.92 Å². The first-order valence-electron chi connectivity index (χ1n) is 3.68. The van der Waals surface area contributed by atoms with Crippen LogP contribution in [0.15, 0.2) is 6.20 Å². The summed E-state index contributed by atoms with van der Waals surface area (Å²) < 4.78 is 1.28. The molecule has 0 spiro atoms. The molecule has 0 fully saturated rings. The van der Waals surface area contributed by atoms with Crippen molar-refractivity contribution in [2.45, 2.75) is 26.2 Å². The van der Waals surface area contributed by atoms with Crippen LogP contribution < -0.4 is 0 Å². The van der Waals surface area contributed by atoms with Crippen molar-refractivity contribution in [3.05, 3.63) is 23.0 Å². The van der Waals surface area contributed by atoms with Gasteiger partial charge in [0.1, 0.15) is 0 Å². The van der Waals surface area contributed by atoms with E-state index < -0.39 is 0 Å². The third kappa shape index (κ3) is 0.589. The minimum absolute atomic E-state index is 1.04. The molecule has 0 aromatic carbocycles. The largest absolute Gasteiger partial charge is 0.429 e. The number of aryl methyl sites for hydroxylation is 1. The first-order chi connectivity index (χ1) is 4.79. The van der Waals surface area contributed by atoms with Gasteiger partial charge in [0.05, 0.1) is 5.69 Å². The Morgan fingerprint density at radius 3 is 3.00 bits per heavy atom. The normalized spacial score (nSPS) is 15.7. The Hall–Kier alpha value is -0.920. The van der Waals surface area contributed by atoms with Gasteiger partial charge < -0.3 is 5.21 Å². The third-order valence-electron chi connectivity index (χ3n) is 2.26. The fourth-order valence-corrected chi connectivity index (χ4v) is 1.74. The predicted molar refractivity (Wildman–Crippen MR) is 38.4 cm³/mol. The summed E-state index contributed by atoms with van der Waals surface area (Å²) in [4.78, 5) is 0. The molecule has 0 radical (unpaired) electrons. The summed E-state index contributed by atoms with van der Waals surface area (Å²) in [6, 6.07) is 0. The van der Waals surface area contributed by atoms with Crippen LogP contribution in [0, 0.1) is 6.92 Å². The Morgan fingerprint density at radius 2 is 2.30 bits per heavy atom. The molecule has 0 bridgehead atoms. The molecule has 0 saturated heterocycles. The van der Waals surface area contributed by atoms with Crippen LogP contribution in [0.1, 0.15) is 23.2 Å². The average Bonchev–Trinajstić information content (AvgIpc) is 2.39. The molecule has 1 heterocycles. The molecule has 1 aromatic rings. The molecular formula is C8H11NO. The van der Waals surface area contributed by atoms with Crippen LogP contribution in [0.3, 0.4) is 0 Å². The molecule has 10 heavy (non-hydrogen) atoms. The van der Waals surface area contributed by atoms with Gasteiger partial charge in [-0.25, -0.2) is 0 Å². The minimum Gasteiger partial charge on any atom is -0.429 e. The molecule has 0 saturated carbocycles. The van der Waals surface area contributed by atoms with Crippen LogP contribution >= 0.6 is 0 Å². The van der Waals surface area contributed by atoms with Crippen LogP contribution in [0.5, 0.6) is 0 Å². The first kappa shape index (κ1) is 5.83. The van der Waals surface area contributed by atoms with Gasteiger partial charge >= 0.3 is 0 Å². The SMILES string of the molecule is Cc1cn(O)c2c1CCC2. The second-order valence-electron chi connectivity index (χ2n) is 2.94. The molecule has 1 N–H and O–H groups in total. The fraction of sp³-hybridized carbons (Fsp3) is 0.500. The van der Waals surface area contributed by atoms with Crippen LogP contribution in [-0.2, 0) is 12.8 Å². The van der Waals surface area contributed by atoms with Crippen LogP contribution in [0.4, 0.5) is 0 Å². The van der Waals surface area contributed by atoms with Crippen molar-refractivity contribution in [1.82, 2.24) is 4.73 Å². The summed E-state index contributed by atoms with van der Waals surface area (Å²) in [5, 5.41) is 9.27. The van der Waals surface area contributed by atoms with Crippen molar-refractivity contribution >= 4 is 0 Å². The predicted octanol–water partition coefficient (Wildman–Crippen LogP) is 1.52. The Balaban J connectivity index is 2.61. The Bertz CT molecular complexity index is 238. The van der Waals surface area contributed by atoms with Crippen molar-refractivity contribution in [2.24, 2.45) is 0 Å². The fourth-order valence-electron chi connectivity index (χ4n) is 1.74. The molecule has 2 heteroatoms. The number of hydrogen-bond acceptors (Lipinski definition) is 1. The smallest absolute Gasteiger partial charge is 0.0601 e. The average molecular weight is 137 g/mol. The number of nitrogens with zero attached hydrogens (tertiary/aromatic N) is 1. The maximum Gasteiger partial charge on any atom is 0.0601 e. The summed E-state index contributed by atoms with van der Waals surface area (Å²) in [6.07, 6.45) is 5.19. The standard InChI is InChI=1S/C8H11NO/c1-6-5-9(10)8-4-2-3-7(6)8/h5,10H,2-4H2,1H3. The summed E-state index contributed by atoms with van der Waals surface area (Å²) in [5.74, 6) is 0. The van der Waals surface area contributed by atoms with Gasteiger partial charge in [-0.3, -0.25) is 0 Å².